The van der Waals surface area contributed by atoms with Crippen molar-refractivity contribution in [3.8, 4) is 5.75 Å². The van der Waals surface area contributed by atoms with Gasteiger partial charge in [0.1, 0.15) is 6.04 Å². The Morgan fingerprint density at radius 3 is 2.50 bits per heavy atom. The molecule has 2 aromatic carbocycles. The number of rotatable bonds is 5. The Morgan fingerprint density at radius 1 is 1.08 bits per heavy atom. The summed E-state index contributed by atoms with van der Waals surface area (Å²) in [7, 11) is 0. The van der Waals surface area contributed by atoms with Gasteiger partial charge in [-0.2, -0.15) is 0 Å². The van der Waals surface area contributed by atoms with Gasteiger partial charge in [-0.25, -0.2) is 4.79 Å². The molecule has 2 amide bonds. The minimum atomic E-state index is -0.979. The second kappa shape index (κ2) is 7.82. The molecule has 134 valence electrons. The van der Waals surface area contributed by atoms with Crippen LogP contribution >= 0.6 is 0 Å². The first-order valence-corrected chi connectivity index (χ1v) is 8.58. The highest BCUT2D eigenvalue weighted by atomic mass is 16.5. The summed E-state index contributed by atoms with van der Waals surface area (Å²) in [5, 5.41) is 2.74. The van der Waals surface area contributed by atoms with E-state index >= 15 is 0 Å². The second-order valence-electron chi connectivity index (χ2n) is 6.04. The van der Waals surface area contributed by atoms with Crippen molar-refractivity contribution in [3.05, 3.63) is 54.6 Å². The average Bonchev–Trinajstić information content (AvgIpc) is 2.63. The largest absolute Gasteiger partial charge is 0.423 e. The Labute approximate surface area is 151 Å². The summed E-state index contributed by atoms with van der Waals surface area (Å²) >= 11 is 0. The van der Waals surface area contributed by atoms with Gasteiger partial charge in [0.2, 0.25) is 11.8 Å². The number of para-hydroxylation sites is 3. The zero-order chi connectivity index (χ0) is 18.5. The summed E-state index contributed by atoms with van der Waals surface area (Å²) in [6, 6.07) is 14.8. The number of nitrogens with one attached hydrogen (secondary N) is 1. The van der Waals surface area contributed by atoms with E-state index in [2.05, 4.69) is 5.32 Å². The van der Waals surface area contributed by atoms with Crippen LogP contribution in [0.5, 0.6) is 5.75 Å². The van der Waals surface area contributed by atoms with Crippen LogP contribution < -0.4 is 15.0 Å². The molecule has 6 heteroatoms. The van der Waals surface area contributed by atoms with Crippen molar-refractivity contribution in [3.63, 3.8) is 0 Å². The molecule has 0 fully saturated rings. The Hall–Kier alpha value is -3.15. The van der Waals surface area contributed by atoms with Crippen molar-refractivity contribution < 1.29 is 19.1 Å². The number of esters is 1. The van der Waals surface area contributed by atoms with Crippen LogP contribution in [0.2, 0.25) is 0 Å². The smallest absolute Gasteiger partial charge is 0.335 e. The monoisotopic (exact) mass is 352 g/mol. The number of hydrogen-bond donors (Lipinski definition) is 1. The first-order chi connectivity index (χ1) is 12.6. The Kier molecular flexibility index (Phi) is 5.31. The number of ether oxygens (including phenoxy) is 1. The van der Waals surface area contributed by atoms with Crippen molar-refractivity contribution in [1.29, 1.82) is 0 Å². The quantitative estimate of drug-likeness (QED) is 0.663. The van der Waals surface area contributed by atoms with Crippen LogP contribution in [0.25, 0.3) is 0 Å². The number of carbonyl (C=O) groups is 3. The second-order valence-corrected chi connectivity index (χ2v) is 6.04. The molecule has 0 bridgehead atoms. The molecule has 0 radical (unpaired) electrons. The van der Waals surface area contributed by atoms with Crippen molar-refractivity contribution in [2.24, 2.45) is 0 Å². The van der Waals surface area contributed by atoms with Crippen molar-refractivity contribution in [2.45, 2.75) is 32.2 Å². The maximum atomic E-state index is 12.6. The molecule has 3 rings (SSSR count). The number of hydrogen-bond acceptors (Lipinski definition) is 4. The lowest BCUT2D eigenvalue weighted by atomic mass is 10.1. The SMILES string of the molecule is CCCC(=O)N1c2ccccc2OC(=O)C1CC(=O)Nc1ccccc1. The third kappa shape index (κ3) is 3.74. The molecular weight excluding hydrogens is 332 g/mol. The Bertz CT molecular complexity index is 820. The summed E-state index contributed by atoms with van der Waals surface area (Å²) in [6.45, 7) is 1.89. The Balaban J connectivity index is 1.84. The number of fused-ring (bicyclic) bond motifs is 1. The average molecular weight is 352 g/mol. The van der Waals surface area contributed by atoms with Crippen LogP contribution in [0.4, 0.5) is 11.4 Å². The van der Waals surface area contributed by atoms with E-state index in [1.54, 1.807) is 48.5 Å². The third-order valence-electron chi connectivity index (χ3n) is 4.09. The van der Waals surface area contributed by atoms with Crippen molar-refractivity contribution in [2.75, 3.05) is 10.2 Å². The van der Waals surface area contributed by atoms with E-state index in [1.165, 1.54) is 4.90 Å². The summed E-state index contributed by atoms with van der Waals surface area (Å²) in [5.74, 6) is -0.820. The molecule has 2 aromatic rings. The molecule has 1 aliphatic rings. The number of nitrogens with zero attached hydrogens (tertiary/aromatic N) is 1. The third-order valence-corrected chi connectivity index (χ3v) is 4.09. The lowest BCUT2D eigenvalue weighted by molar-refractivity contribution is -0.140. The van der Waals surface area contributed by atoms with Crippen molar-refractivity contribution in [1.82, 2.24) is 0 Å². The van der Waals surface area contributed by atoms with Gasteiger partial charge in [-0.05, 0) is 30.7 Å². The molecule has 1 atom stereocenters. The lowest BCUT2D eigenvalue weighted by Crippen LogP contribution is -2.51. The van der Waals surface area contributed by atoms with Gasteiger partial charge in [0.05, 0.1) is 12.1 Å². The molecule has 1 heterocycles. The molecule has 1 aliphatic heterocycles. The number of benzene rings is 2. The lowest BCUT2D eigenvalue weighted by Gasteiger charge is -2.35. The van der Waals surface area contributed by atoms with Gasteiger partial charge in [-0.1, -0.05) is 37.3 Å². The highest BCUT2D eigenvalue weighted by Crippen LogP contribution is 2.35. The predicted octanol–water partition coefficient (Wildman–Crippen LogP) is 3.14. The highest BCUT2D eigenvalue weighted by Gasteiger charge is 2.39. The first kappa shape index (κ1) is 17.7. The van der Waals surface area contributed by atoms with E-state index in [4.69, 9.17) is 4.74 Å². The van der Waals surface area contributed by atoms with Crippen LogP contribution in [0.1, 0.15) is 26.2 Å². The molecule has 0 aromatic heterocycles. The van der Waals surface area contributed by atoms with E-state index in [0.717, 1.165) is 0 Å². The van der Waals surface area contributed by atoms with Gasteiger partial charge in [-0.15, -0.1) is 0 Å². The number of carbonyl (C=O) groups excluding carboxylic acids is 3. The minimum Gasteiger partial charge on any atom is -0.423 e. The van der Waals surface area contributed by atoms with Crippen LogP contribution in [0.3, 0.4) is 0 Å². The molecule has 1 N–H and O–H groups in total. The van der Waals surface area contributed by atoms with Crippen LogP contribution in [0, 0.1) is 0 Å². The van der Waals surface area contributed by atoms with Crippen LogP contribution in [-0.4, -0.2) is 23.8 Å². The highest BCUT2D eigenvalue weighted by molar-refractivity contribution is 6.06. The van der Waals surface area contributed by atoms with Gasteiger partial charge in [0, 0.05) is 12.1 Å². The molecule has 1 unspecified atom stereocenters. The molecule has 26 heavy (non-hydrogen) atoms. The van der Waals surface area contributed by atoms with Crippen LogP contribution in [-0.2, 0) is 14.4 Å². The number of anilines is 2. The predicted molar refractivity (Wildman–Crippen MR) is 97.9 cm³/mol. The molecule has 0 saturated heterocycles. The fraction of sp³-hybridized carbons (Fsp3) is 0.250. The summed E-state index contributed by atoms with van der Waals surface area (Å²) < 4.78 is 5.34. The van der Waals surface area contributed by atoms with Crippen molar-refractivity contribution >= 4 is 29.2 Å². The summed E-state index contributed by atoms with van der Waals surface area (Å²) in [4.78, 5) is 38.9. The van der Waals surface area contributed by atoms with E-state index in [0.29, 0.717) is 30.0 Å². The van der Waals surface area contributed by atoms with Gasteiger partial charge in [0.25, 0.3) is 0 Å². The van der Waals surface area contributed by atoms with E-state index in [-0.39, 0.29) is 18.2 Å². The maximum Gasteiger partial charge on any atom is 0.335 e. The first-order valence-electron chi connectivity index (χ1n) is 8.58. The minimum absolute atomic E-state index is 0.169. The van der Waals surface area contributed by atoms with Crippen LogP contribution in [0.15, 0.2) is 54.6 Å². The van der Waals surface area contributed by atoms with Gasteiger partial charge in [-0.3, -0.25) is 14.5 Å². The summed E-state index contributed by atoms with van der Waals surface area (Å²) in [5.41, 5.74) is 1.15. The number of amides is 2. The molecule has 0 aliphatic carbocycles. The maximum absolute atomic E-state index is 12.6. The normalized spacial score (nSPS) is 15.8. The van der Waals surface area contributed by atoms with E-state index in [9.17, 15) is 14.4 Å². The molecular formula is C20H20N2O4. The topological polar surface area (TPSA) is 75.7 Å². The van der Waals surface area contributed by atoms with Gasteiger partial charge >= 0.3 is 5.97 Å². The van der Waals surface area contributed by atoms with Gasteiger partial charge < -0.3 is 10.1 Å². The fourth-order valence-electron chi connectivity index (χ4n) is 2.92. The molecule has 6 nitrogen and oxygen atoms in total. The molecule has 0 spiro atoms. The fourth-order valence-corrected chi connectivity index (χ4v) is 2.92. The van der Waals surface area contributed by atoms with Gasteiger partial charge in [0.15, 0.2) is 5.75 Å². The summed E-state index contributed by atoms with van der Waals surface area (Å²) in [6.07, 6.45) is 0.769. The zero-order valence-corrected chi connectivity index (χ0v) is 14.5. The zero-order valence-electron chi connectivity index (χ0n) is 14.5. The molecule has 0 saturated carbocycles. The van der Waals surface area contributed by atoms with E-state index in [1.807, 2.05) is 13.0 Å². The van der Waals surface area contributed by atoms with E-state index < -0.39 is 12.0 Å². The standard InChI is InChI=1S/C20H20N2O4/c1-2-8-19(24)22-15-11-6-7-12-17(15)26-20(25)16(22)13-18(23)21-14-9-4-3-5-10-14/h3-7,9-12,16H,2,8,13H2,1H3,(H,21,23). The Morgan fingerprint density at radius 2 is 1.77 bits per heavy atom.